The van der Waals surface area contributed by atoms with Crippen molar-refractivity contribution in [2.75, 3.05) is 6.61 Å². The van der Waals surface area contributed by atoms with Crippen molar-refractivity contribution in [3.8, 4) is 23.0 Å². The number of hydrogen-bond donors (Lipinski definition) is 0. The summed E-state index contributed by atoms with van der Waals surface area (Å²) in [6.07, 6.45) is 3.21. The Labute approximate surface area is 161 Å². The van der Waals surface area contributed by atoms with Crippen molar-refractivity contribution in [3.63, 3.8) is 0 Å². The molecule has 4 aromatic rings. The fourth-order valence-electron chi connectivity index (χ4n) is 3.12. The van der Waals surface area contributed by atoms with Gasteiger partial charge in [0.2, 0.25) is 0 Å². The maximum Gasteiger partial charge on any atom is 0.338 e. The van der Waals surface area contributed by atoms with E-state index >= 15 is 0 Å². The molecule has 0 spiro atoms. The van der Waals surface area contributed by atoms with Gasteiger partial charge in [0, 0.05) is 17.4 Å². The number of aromatic nitrogens is 3. The maximum atomic E-state index is 11.9. The third kappa shape index (κ3) is 2.99. The largest absolute Gasteiger partial charge is 0.462 e. The van der Waals surface area contributed by atoms with Gasteiger partial charge in [-0.3, -0.25) is 0 Å². The van der Waals surface area contributed by atoms with Gasteiger partial charge in [-0.2, -0.15) is 5.26 Å². The van der Waals surface area contributed by atoms with Crippen LogP contribution in [0.2, 0.25) is 0 Å². The minimum atomic E-state index is -0.363. The Morgan fingerprint density at radius 2 is 1.86 bits per heavy atom. The van der Waals surface area contributed by atoms with Gasteiger partial charge in [-0.1, -0.05) is 30.3 Å². The van der Waals surface area contributed by atoms with Crippen LogP contribution in [0.4, 0.5) is 0 Å². The van der Waals surface area contributed by atoms with E-state index < -0.39 is 0 Å². The molecule has 0 saturated carbocycles. The van der Waals surface area contributed by atoms with E-state index in [2.05, 4.69) is 16.0 Å². The van der Waals surface area contributed by atoms with Crippen LogP contribution in [0.3, 0.4) is 0 Å². The van der Waals surface area contributed by atoms with Gasteiger partial charge in [0.1, 0.15) is 17.9 Å². The van der Waals surface area contributed by atoms with Gasteiger partial charge in [-0.05, 0) is 31.2 Å². The predicted molar refractivity (Wildman–Crippen MR) is 105 cm³/mol. The van der Waals surface area contributed by atoms with E-state index in [1.807, 2.05) is 47.0 Å². The van der Waals surface area contributed by atoms with E-state index in [1.165, 1.54) is 6.33 Å². The monoisotopic (exact) mass is 368 g/mol. The summed E-state index contributed by atoms with van der Waals surface area (Å²) in [7, 11) is 0. The molecule has 2 aromatic heterocycles. The summed E-state index contributed by atoms with van der Waals surface area (Å²) < 4.78 is 6.91. The zero-order chi connectivity index (χ0) is 19.5. The fourth-order valence-corrected chi connectivity index (χ4v) is 3.12. The Morgan fingerprint density at radius 3 is 2.54 bits per heavy atom. The lowest BCUT2D eigenvalue weighted by atomic mass is 10.1. The normalized spacial score (nSPS) is 10.6. The summed E-state index contributed by atoms with van der Waals surface area (Å²) in [6, 6.07) is 19.0. The lowest BCUT2D eigenvalue weighted by molar-refractivity contribution is 0.0526. The van der Waals surface area contributed by atoms with Crippen molar-refractivity contribution in [1.29, 1.82) is 5.26 Å². The molecular weight excluding hydrogens is 352 g/mol. The van der Waals surface area contributed by atoms with Crippen molar-refractivity contribution in [2.24, 2.45) is 0 Å². The SMILES string of the molecule is CCOC(=O)c1ccc(-n2cc(C#N)c3ncnc(-c4ccccc4)c32)cc1. The zero-order valence-corrected chi connectivity index (χ0v) is 15.2. The summed E-state index contributed by atoms with van der Waals surface area (Å²) in [4.78, 5) is 20.7. The molecule has 0 fully saturated rings. The summed E-state index contributed by atoms with van der Waals surface area (Å²) >= 11 is 0. The number of fused-ring (bicyclic) bond motifs is 1. The summed E-state index contributed by atoms with van der Waals surface area (Å²) in [6.45, 7) is 2.10. The molecule has 0 saturated heterocycles. The Balaban J connectivity index is 1.90. The third-order valence-electron chi connectivity index (χ3n) is 4.40. The lowest BCUT2D eigenvalue weighted by Crippen LogP contribution is -2.04. The number of nitrogens with zero attached hydrogens (tertiary/aromatic N) is 4. The lowest BCUT2D eigenvalue weighted by Gasteiger charge is -2.09. The zero-order valence-electron chi connectivity index (χ0n) is 15.2. The second-order valence-corrected chi connectivity index (χ2v) is 6.08. The predicted octanol–water partition coefficient (Wildman–Crippen LogP) is 4.14. The number of carbonyl (C=O) groups is 1. The van der Waals surface area contributed by atoms with Gasteiger partial charge >= 0.3 is 5.97 Å². The number of nitriles is 1. The smallest absolute Gasteiger partial charge is 0.338 e. The summed E-state index contributed by atoms with van der Waals surface area (Å²) in [5, 5.41) is 9.55. The quantitative estimate of drug-likeness (QED) is 0.506. The van der Waals surface area contributed by atoms with Gasteiger partial charge in [-0.25, -0.2) is 14.8 Å². The Bertz CT molecular complexity index is 1190. The molecule has 0 radical (unpaired) electrons. The van der Waals surface area contributed by atoms with E-state index in [0.717, 1.165) is 22.5 Å². The van der Waals surface area contributed by atoms with Gasteiger partial charge < -0.3 is 9.30 Å². The second kappa shape index (κ2) is 7.33. The minimum absolute atomic E-state index is 0.326. The first-order valence-corrected chi connectivity index (χ1v) is 8.82. The van der Waals surface area contributed by atoms with Gasteiger partial charge in [0.25, 0.3) is 0 Å². The molecule has 136 valence electrons. The van der Waals surface area contributed by atoms with Crippen LogP contribution in [0.15, 0.2) is 67.1 Å². The molecule has 6 nitrogen and oxygen atoms in total. The van der Waals surface area contributed by atoms with Gasteiger partial charge in [0.15, 0.2) is 0 Å². The van der Waals surface area contributed by atoms with Gasteiger partial charge in [-0.15, -0.1) is 0 Å². The van der Waals surface area contributed by atoms with E-state index in [9.17, 15) is 10.1 Å². The molecule has 0 N–H and O–H groups in total. The molecule has 4 rings (SSSR count). The average Bonchev–Trinajstić information content (AvgIpc) is 3.13. The van der Waals surface area contributed by atoms with Crippen LogP contribution in [0.1, 0.15) is 22.8 Å². The van der Waals surface area contributed by atoms with Crippen LogP contribution in [0.25, 0.3) is 28.0 Å². The Hall–Kier alpha value is -3.98. The molecule has 2 heterocycles. The van der Waals surface area contributed by atoms with Crippen molar-refractivity contribution >= 4 is 17.0 Å². The topological polar surface area (TPSA) is 80.8 Å². The van der Waals surface area contributed by atoms with E-state index in [0.29, 0.717) is 23.3 Å². The molecule has 0 aliphatic rings. The molecule has 0 atom stereocenters. The van der Waals surface area contributed by atoms with Crippen LogP contribution in [0.5, 0.6) is 0 Å². The number of hydrogen-bond acceptors (Lipinski definition) is 5. The first-order valence-electron chi connectivity index (χ1n) is 8.82. The number of carbonyl (C=O) groups excluding carboxylic acids is 1. The average molecular weight is 368 g/mol. The van der Waals surface area contributed by atoms with E-state index in [-0.39, 0.29) is 5.97 Å². The number of benzene rings is 2. The highest BCUT2D eigenvalue weighted by Crippen LogP contribution is 2.30. The molecule has 0 unspecified atom stereocenters. The highest BCUT2D eigenvalue weighted by molar-refractivity contribution is 5.95. The van der Waals surface area contributed by atoms with Crippen LogP contribution >= 0.6 is 0 Å². The van der Waals surface area contributed by atoms with Crippen LogP contribution in [-0.4, -0.2) is 27.1 Å². The molecule has 6 heteroatoms. The van der Waals surface area contributed by atoms with E-state index in [4.69, 9.17) is 4.74 Å². The number of rotatable bonds is 4. The highest BCUT2D eigenvalue weighted by Gasteiger charge is 2.17. The van der Waals surface area contributed by atoms with E-state index in [1.54, 1.807) is 25.3 Å². The third-order valence-corrected chi connectivity index (χ3v) is 4.40. The van der Waals surface area contributed by atoms with Crippen molar-refractivity contribution in [1.82, 2.24) is 14.5 Å². The number of ether oxygens (including phenoxy) is 1. The second-order valence-electron chi connectivity index (χ2n) is 6.08. The van der Waals surface area contributed by atoms with Crippen molar-refractivity contribution in [2.45, 2.75) is 6.92 Å². The number of esters is 1. The molecule has 2 aromatic carbocycles. The molecule has 0 aliphatic carbocycles. The molecule has 28 heavy (non-hydrogen) atoms. The summed E-state index contributed by atoms with van der Waals surface area (Å²) in [5.74, 6) is -0.363. The van der Waals surface area contributed by atoms with Gasteiger partial charge in [0.05, 0.1) is 28.9 Å². The maximum absolute atomic E-state index is 11.9. The van der Waals surface area contributed by atoms with Crippen LogP contribution < -0.4 is 0 Å². The first-order chi connectivity index (χ1) is 13.7. The fraction of sp³-hybridized carbons (Fsp3) is 0.0909. The Kier molecular flexibility index (Phi) is 4.56. The Morgan fingerprint density at radius 1 is 1.11 bits per heavy atom. The van der Waals surface area contributed by atoms with Crippen LogP contribution in [-0.2, 0) is 4.74 Å². The molecule has 0 amide bonds. The van der Waals surface area contributed by atoms with Crippen LogP contribution in [0, 0.1) is 11.3 Å². The molecule has 0 bridgehead atoms. The first kappa shape index (κ1) is 17.4. The minimum Gasteiger partial charge on any atom is -0.462 e. The van der Waals surface area contributed by atoms with Crippen molar-refractivity contribution in [3.05, 3.63) is 78.2 Å². The highest BCUT2D eigenvalue weighted by atomic mass is 16.5. The molecular formula is C22H16N4O2. The molecule has 0 aliphatic heterocycles. The van der Waals surface area contributed by atoms with Crippen molar-refractivity contribution < 1.29 is 9.53 Å². The standard InChI is InChI=1S/C22H16N4O2/c1-2-28-22(27)16-8-10-18(11-9-16)26-13-17(12-23)20-21(26)19(24-14-25-20)15-6-4-3-5-7-15/h3-11,13-14H,2H2,1H3. The summed E-state index contributed by atoms with van der Waals surface area (Å²) in [5.41, 5.74) is 4.74.